The Morgan fingerprint density at radius 3 is 2.50 bits per heavy atom. The molecule has 6 heteroatoms. The number of amides is 1. The maximum atomic E-state index is 12.6. The van der Waals surface area contributed by atoms with Crippen molar-refractivity contribution in [1.29, 1.82) is 5.41 Å². The van der Waals surface area contributed by atoms with Gasteiger partial charge < -0.3 is 9.64 Å². The van der Waals surface area contributed by atoms with E-state index in [0.717, 1.165) is 54.7 Å². The second-order valence-electron chi connectivity index (χ2n) is 9.71. The Bertz CT molecular complexity index is 983. The summed E-state index contributed by atoms with van der Waals surface area (Å²) in [5.74, 6) is 7.75. The van der Waals surface area contributed by atoms with Crippen LogP contribution < -0.4 is 15.5 Å². The molecular formula is C30H44N4O2. The predicted octanol–water partition coefficient (Wildman–Crippen LogP) is 6.54. The average Bonchev–Trinajstić information content (AvgIpc) is 2.92. The van der Waals surface area contributed by atoms with Crippen LogP contribution in [0.3, 0.4) is 0 Å². The molecule has 1 aliphatic carbocycles. The van der Waals surface area contributed by atoms with E-state index in [-0.39, 0.29) is 5.91 Å². The molecule has 1 saturated carbocycles. The second kappa shape index (κ2) is 14.0. The quantitative estimate of drug-likeness (QED) is 0.137. The summed E-state index contributed by atoms with van der Waals surface area (Å²) in [5, 5.41) is 9.99. The van der Waals surface area contributed by atoms with E-state index in [1.54, 1.807) is 5.01 Å². The maximum absolute atomic E-state index is 12.6. The molecule has 2 aromatic rings. The van der Waals surface area contributed by atoms with Gasteiger partial charge >= 0.3 is 0 Å². The third kappa shape index (κ3) is 7.57. The van der Waals surface area contributed by atoms with Crippen molar-refractivity contribution >= 4 is 17.4 Å². The van der Waals surface area contributed by atoms with Crippen LogP contribution in [0.25, 0.3) is 0 Å². The molecule has 0 atom stereocenters. The first-order chi connectivity index (χ1) is 17.5. The van der Waals surface area contributed by atoms with E-state index >= 15 is 0 Å². The van der Waals surface area contributed by atoms with Crippen LogP contribution in [0, 0.1) is 12.3 Å². The number of hydrogen-bond acceptors (Lipinski definition) is 4. The zero-order valence-corrected chi connectivity index (χ0v) is 22.4. The first-order valence-electron chi connectivity index (χ1n) is 13.7. The van der Waals surface area contributed by atoms with E-state index in [9.17, 15) is 4.79 Å². The summed E-state index contributed by atoms with van der Waals surface area (Å²) in [5.41, 5.74) is 4.51. The lowest BCUT2D eigenvalue weighted by molar-refractivity contribution is -0.119. The van der Waals surface area contributed by atoms with Crippen LogP contribution in [0.5, 0.6) is 5.75 Å². The molecule has 0 unspecified atom stereocenters. The lowest BCUT2D eigenvalue weighted by atomic mass is 9.95. The smallest absolute Gasteiger partial charge is 0.227 e. The Labute approximate surface area is 217 Å². The summed E-state index contributed by atoms with van der Waals surface area (Å²) >= 11 is 0. The predicted molar refractivity (Wildman–Crippen MR) is 148 cm³/mol. The van der Waals surface area contributed by atoms with Gasteiger partial charge in [0.2, 0.25) is 5.91 Å². The van der Waals surface area contributed by atoms with Crippen molar-refractivity contribution in [2.24, 2.45) is 5.84 Å². The minimum atomic E-state index is 0.173. The number of nitrogens with zero attached hydrogens (tertiary/aromatic N) is 2. The highest BCUT2D eigenvalue weighted by Gasteiger charge is 2.25. The molecule has 1 aliphatic heterocycles. The number of nitrogens with one attached hydrogen (secondary N) is 1. The number of unbranched alkanes of at least 4 members (excludes halogenated alkanes) is 1. The topological polar surface area (TPSA) is 82.7 Å². The van der Waals surface area contributed by atoms with E-state index in [1.165, 1.54) is 24.8 Å². The minimum absolute atomic E-state index is 0.173. The molecule has 2 aromatic carbocycles. The Hall–Kier alpha value is -2.86. The summed E-state index contributed by atoms with van der Waals surface area (Å²) in [7, 11) is 0. The molecule has 0 aromatic heterocycles. The van der Waals surface area contributed by atoms with Gasteiger partial charge in [0.05, 0.1) is 13.2 Å². The van der Waals surface area contributed by atoms with E-state index in [2.05, 4.69) is 37.3 Å². The van der Waals surface area contributed by atoms with Crippen LogP contribution in [0.4, 0.5) is 5.69 Å². The molecule has 3 N–H and O–H groups in total. The van der Waals surface area contributed by atoms with Crippen molar-refractivity contribution in [2.45, 2.75) is 97.6 Å². The number of benzene rings is 2. The average molecular weight is 493 g/mol. The van der Waals surface area contributed by atoms with E-state index in [4.69, 9.17) is 16.0 Å². The highest BCUT2D eigenvalue weighted by molar-refractivity contribution is 5.96. The molecule has 6 nitrogen and oxygen atoms in total. The van der Waals surface area contributed by atoms with Gasteiger partial charge in [0.15, 0.2) is 0 Å². The lowest BCUT2D eigenvalue weighted by Crippen LogP contribution is -2.46. The Morgan fingerprint density at radius 2 is 1.78 bits per heavy atom. The van der Waals surface area contributed by atoms with Crippen molar-refractivity contribution in [3.63, 3.8) is 0 Å². The van der Waals surface area contributed by atoms with E-state index in [0.29, 0.717) is 37.9 Å². The molecule has 0 spiro atoms. The number of rotatable bonds is 9. The third-order valence-corrected chi connectivity index (χ3v) is 7.07. The number of nitrogens with two attached hydrogens (primary N) is 1. The molecule has 0 saturated heterocycles. The van der Waals surface area contributed by atoms with Gasteiger partial charge in [-0.15, -0.1) is 0 Å². The molecule has 1 amide bonds. The normalized spacial score (nSPS) is 15.6. The molecule has 196 valence electrons. The molecular weight excluding hydrogens is 448 g/mol. The van der Waals surface area contributed by atoms with Crippen LogP contribution in [-0.2, 0) is 17.8 Å². The number of ether oxygens (including phenoxy) is 1. The van der Waals surface area contributed by atoms with Gasteiger partial charge in [-0.1, -0.05) is 62.9 Å². The van der Waals surface area contributed by atoms with Crippen LogP contribution in [-0.4, -0.2) is 29.4 Å². The molecule has 2 aliphatic rings. The fourth-order valence-corrected chi connectivity index (χ4v) is 4.97. The Kier molecular flexibility index (Phi) is 10.8. The highest BCUT2D eigenvalue weighted by atomic mass is 16.5. The Balaban J connectivity index is 0.00000176. The fourth-order valence-electron chi connectivity index (χ4n) is 4.97. The molecule has 1 fully saturated rings. The van der Waals surface area contributed by atoms with Gasteiger partial charge in [-0.05, 0) is 68.4 Å². The second-order valence-corrected chi connectivity index (χ2v) is 9.71. The largest absolute Gasteiger partial charge is 0.494 e. The van der Waals surface area contributed by atoms with E-state index < -0.39 is 0 Å². The number of aryl methyl sites for hydroxylation is 2. The fraction of sp³-hybridized carbons (Fsp3) is 0.533. The van der Waals surface area contributed by atoms with Crippen LogP contribution in [0.2, 0.25) is 0 Å². The molecule has 1 heterocycles. The van der Waals surface area contributed by atoms with Gasteiger partial charge in [-0.25, -0.2) is 5.84 Å². The molecule has 0 bridgehead atoms. The maximum Gasteiger partial charge on any atom is 0.227 e. The van der Waals surface area contributed by atoms with Gasteiger partial charge in [0.25, 0.3) is 0 Å². The van der Waals surface area contributed by atoms with E-state index in [1.807, 2.05) is 30.9 Å². The number of carbonyl (C=O) groups is 1. The minimum Gasteiger partial charge on any atom is -0.494 e. The zero-order valence-electron chi connectivity index (χ0n) is 22.4. The summed E-state index contributed by atoms with van der Waals surface area (Å²) in [6.07, 6.45) is 9.69. The number of fused-ring (bicyclic) bond motifs is 1. The third-order valence-electron chi connectivity index (χ3n) is 7.07. The lowest BCUT2D eigenvalue weighted by Gasteiger charge is -2.32. The number of carbonyl (C=O) groups excluding carboxylic acids is 1. The molecule has 36 heavy (non-hydrogen) atoms. The van der Waals surface area contributed by atoms with Gasteiger partial charge in [0.1, 0.15) is 11.6 Å². The number of hydrogen-bond donors (Lipinski definition) is 2. The molecule has 4 rings (SSSR count). The van der Waals surface area contributed by atoms with Crippen molar-refractivity contribution in [1.82, 2.24) is 5.01 Å². The summed E-state index contributed by atoms with van der Waals surface area (Å²) in [4.78, 5) is 14.5. The van der Waals surface area contributed by atoms with Crippen LogP contribution in [0.15, 0.2) is 42.5 Å². The number of hydrazine groups is 1. The summed E-state index contributed by atoms with van der Waals surface area (Å²) in [6, 6.07) is 14.8. The first-order valence-corrected chi connectivity index (χ1v) is 13.7. The number of anilines is 1. The van der Waals surface area contributed by atoms with Crippen LogP contribution in [0.1, 0.15) is 88.3 Å². The monoisotopic (exact) mass is 492 g/mol. The summed E-state index contributed by atoms with van der Waals surface area (Å²) < 4.78 is 6.01. The zero-order chi connectivity index (χ0) is 25.9. The summed E-state index contributed by atoms with van der Waals surface area (Å²) in [6.45, 7) is 7.28. The standard InChI is InChI=1S/C28H38N4O2.C2H6/c1-21-10-12-22(13-11-21)20-31-26-16-15-25(19-23(26)14-17-28(31)33)34-18-6-5-9-27(29)32(30)24-7-3-2-4-8-24;1-2/h10-13,15-16,19,24,29H,2-9,14,17-18,20,30H2,1H3;1-2H3. The molecule has 0 radical (unpaired) electrons. The van der Waals surface area contributed by atoms with Gasteiger partial charge in [0, 0.05) is 24.6 Å². The Morgan fingerprint density at radius 1 is 1.06 bits per heavy atom. The first kappa shape index (κ1) is 27.7. The number of amidine groups is 1. The highest BCUT2D eigenvalue weighted by Crippen LogP contribution is 2.32. The van der Waals surface area contributed by atoms with Crippen LogP contribution >= 0.6 is 0 Å². The van der Waals surface area contributed by atoms with Crippen molar-refractivity contribution in [3.05, 3.63) is 59.2 Å². The van der Waals surface area contributed by atoms with Gasteiger partial charge in [-0.3, -0.25) is 15.2 Å². The van der Waals surface area contributed by atoms with Crippen molar-refractivity contribution in [3.8, 4) is 5.75 Å². The van der Waals surface area contributed by atoms with Crippen molar-refractivity contribution < 1.29 is 9.53 Å². The van der Waals surface area contributed by atoms with Gasteiger partial charge in [-0.2, -0.15) is 0 Å². The SMILES string of the molecule is CC.Cc1ccc(CN2C(=O)CCc3cc(OCCCCC(=N)N(N)C4CCCCC4)ccc32)cc1. The van der Waals surface area contributed by atoms with Crippen molar-refractivity contribution in [2.75, 3.05) is 11.5 Å².